The monoisotopic (exact) mass is 430 g/mol. The van der Waals surface area contributed by atoms with Crippen molar-refractivity contribution in [3.8, 4) is 11.5 Å². The first-order valence-corrected chi connectivity index (χ1v) is 9.45. The van der Waals surface area contributed by atoms with E-state index in [1.807, 2.05) is 6.92 Å². The number of rotatable bonds is 7. The van der Waals surface area contributed by atoms with E-state index in [4.69, 9.17) is 9.47 Å². The number of hydrogen-bond acceptors (Lipinski definition) is 5. The summed E-state index contributed by atoms with van der Waals surface area (Å²) >= 11 is 3.37. The van der Waals surface area contributed by atoms with Gasteiger partial charge >= 0.3 is 0 Å². The highest BCUT2D eigenvalue weighted by molar-refractivity contribution is 9.10. The molecule has 0 aliphatic carbocycles. The fraction of sp³-hybridized carbons (Fsp3) is 0.188. The maximum atomic E-state index is 12.9. The van der Waals surface area contributed by atoms with Gasteiger partial charge in [-0.2, -0.15) is 13.5 Å². The Labute approximate surface area is 153 Å². The standard InChI is InChI=1S/C16H16BrFN2O4S/c1-3-24-16-14(17)8-11(9-15(16)23-2)10-19-20-25(21,22)13-6-4-12(18)5-7-13/h4-10,20H,3H2,1-2H3/b19-10-. The summed E-state index contributed by atoms with van der Waals surface area (Å²) in [4.78, 5) is 1.99. The summed E-state index contributed by atoms with van der Waals surface area (Å²) in [5.74, 6) is 0.516. The first-order chi connectivity index (χ1) is 11.9. The van der Waals surface area contributed by atoms with Gasteiger partial charge in [0.25, 0.3) is 10.0 Å². The Kier molecular flexibility index (Phi) is 6.38. The minimum Gasteiger partial charge on any atom is -0.493 e. The molecule has 9 heteroatoms. The van der Waals surface area contributed by atoms with Crippen LogP contribution >= 0.6 is 15.9 Å². The molecule has 6 nitrogen and oxygen atoms in total. The van der Waals surface area contributed by atoms with Crippen molar-refractivity contribution in [2.75, 3.05) is 13.7 Å². The minimum absolute atomic E-state index is 0.0866. The lowest BCUT2D eigenvalue weighted by Gasteiger charge is -2.12. The molecular weight excluding hydrogens is 415 g/mol. The highest BCUT2D eigenvalue weighted by Gasteiger charge is 2.13. The second kappa shape index (κ2) is 8.30. The van der Waals surface area contributed by atoms with E-state index in [1.54, 1.807) is 12.1 Å². The van der Waals surface area contributed by atoms with Crippen LogP contribution < -0.4 is 14.3 Å². The summed E-state index contributed by atoms with van der Waals surface area (Å²) in [5.41, 5.74) is 0.592. The second-order valence-electron chi connectivity index (χ2n) is 4.77. The zero-order valence-electron chi connectivity index (χ0n) is 13.5. The molecule has 0 aromatic heterocycles. The van der Waals surface area contributed by atoms with Crippen molar-refractivity contribution in [2.45, 2.75) is 11.8 Å². The summed E-state index contributed by atoms with van der Waals surface area (Å²) in [6.45, 7) is 2.32. The SMILES string of the molecule is CCOc1c(Br)cc(/C=N\NS(=O)(=O)c2ccc(F)cc2)cc1OC. The highest BCUT2D eigenvalue weighted by Crippen LogP contribution is 2.36. The van der Waals surface area contributed by atoms with E-state index in [9.17, 15) is 12.8 Å². The van der Waals surface area contributed by atoms with Gasteiger partial charge in [0.15, 0.2) is 11.5 Å². The third-order valence-corrected chi connectivity index (χ3v) is 4.88. The molecule has 0 fully saturated rings. The van der Waals surface area contributed by atoms with Crippen LogP contribution in [-0.2, 0) is 10.0 Å². The Balaban J connectivity index is 2.19. The fourth-order valence-corrected chi connectivity index (χ4v) is 3.30. The van der Waals surface area contributed by atoms with E-state index in [-0.39, 0.29) is 4.90 Å². The van der Waals surface area contributed by atoms with Gasteiger partial charge in [-0.15, -0.1) is 0 Å². The van der Waals surface area contributed by atoms with Crippen LogP contribution in [0.15, 0.2) is 50.9 Å². The zero-order valence-corrected chi connectivity index (χ0v) is 15.9. The summed E-state index contributed by atoms with van der Waals surface area (Å²) < 4.78 is 48.4. The Bertz CT molecular complexity index is 870. The van der Waals surface area contributed by atoms with Crippen molar-refractivity contribution in [1.82, 2.24) is 4.83 Å². The average Bonchev–Trinajstić information content (AvgIpc) is 2.57. The summed E-state index contributed by atoms with van der Waals surface area (Å²) in [6, 6.07) is 7.81. The van der Waals surface area contributed by atoms with Crippen molar-refractivity contribution < 1.29 is 22.3 Å². The van der Waals surface area contributed by atoms with Gasteiger partial charge in [0.2, 0.25) is 0 Å². The lowest BCUT2D eigenvalue weighted by molar-refractivity contribution is 0.309. The average molecular weight is 431 g/mol. The summed E-state index contributed by atoms with van der Waals surface area (Å²) in [7, 11) is -2.37. The van der Waals surface area contributed by atoms with Gasteiger partial charge in [-0.05, 0) is 64.8 Å². The molecular formula is C16H16BrFN2O4S. The Morgan fingerprint density at radius 1 is 1.28 bits per heavy atom. The van der Waals surface area contributed by atoms with Crippen LogP contribution in [0.2, 0.25) is 0 Å². The molecule has 1 N–H and O–H groups in total. The Hall–Kier alpha value is -2.13. The van der Waals surface area contributed by atoms with Crippen LogP contribution in [-0.4, -0.2) is 28.3 Å². The van der Waals surface area contributed by atoms with E-state index >= 15 is 0 Å². The van der Waals surface area contributed by atoms with Crippen molar-refractivity contribution in [3.05, 3.63) is 52.3 Å². The molecule has 134 valence electrons. The Morgan fingerprint density at radius 3 is 2.56 bits per heavy atom. The molecule has 0 radical (unpaired) electrons. The number of benzene rings is 2. The van der Waals surface area contributed by atoms with Gasteiger partial charge in [0.05, 0.1) is 29.3 Å². The summed E-state index contributed by atoms with van der Waals surface area (Å²) in [5, 5.41) is 3.73. The molecule has 0 heterocycles. The van der Waals surface area contributed by atoms with Gasteiger partial charge in [0.1, 0.15) is 5.82 Å². The van der Waals surface area contributed by atoms with Gasteiger partial charge in [0, 0.05) is 0 Å². The van der Waals surface area contributed by atoms with Crippen molar-refractivity contribution >= 4 is 32.2 Å². The van der Waals surface area contributed by atoms with Crippen molar-refractivity contribution in [3.63, 3.8) is 0 Å². The second-order valence-corrected chi connectivity index (χ2v) is 7.29. The number of halogens is 2. The third-order valence-electron chi connectivity index (χ3n) is 3.05. The van der Waals surface area contributed by atoms with Crippen molar-refractivity contribution in [2.24, 2.45) is 5.10 Å². The number of sulfonamides is 1. The van der Waals surface area contributed by atoms with Crippen LogP contribution in [0.25, 0.3) is 0 Å². The highest BCUT2D eigenvalue weighted by atomic mass is 79.9. The minimum atomic E-state index is -3.87. The first-order valence-electron chi connectivity index (χ1n) is 7.18. The van der Waals surface area contributed by atoms with Crippen LogP contribution in [0, 0.1) is 5.82 Å². The molecule has 0 atom stereocenters. The van der Waals surface area contributed by atoms with E-state index < -0.39 is 15.8 Å². The molecule has 0 bridgehead atoms. The lowest BCUT2D eigenvalue weighted by Crippen LogP contribution is -2.18. The topological polar surface area (TPSA) is 77.0 Å². The number of nitrogens with one attached hydrogen (secondary N) is 1. The molecule has 0 spiro atoms. The molecule has 0 saturated heterocycles. The number of hydrogen-bond donors (Lipinski definition) is 1. The quantitative estimate of drug-likeness (QED) is 0.539. The van der Waals surface area contributed by atoms with Crippen LogP contribution in [0.5, 0.6) is 11.5 Å². The van der Waals surface area contributed by atoms with Gasteiger partial charge < -0.3 is 9.47 Å². The zero-order chi connectivity index (χ0) is 18.4. The predicted octanol–water partition coefficient (Wildman–Crippen LogP) is 3.31. The maximum absolute atomic E-state index is 12.9. The van der Waals surface area contributed by atoms with E-state index in [0.29, 0.717) is 28.1 Å². The predicted molar refractivity (Wildman–Crippen MR) is 96.2 cm³/mol. The molecule has 0 amide bonds. The van der Waals surface area contributed by atoms with Crippen LogP contribution in [0.4, 0.5) is 4.39 Å². The summed E-state index contributed by atoms with van der Waals surface area (Å²) in [6.07, 6.45) is 1.32. The molecule has 0 aliphatic heterocycles. The number of hydrazone groups is 1. The molecule has 0 aliphatic rings. The first kappa shape index (κ1) is 19.2. The maximum Gasteiger partial charge on any atom is 0.276 e. The number of methoxy groups -OCH3 is 1. The largest absolute Gasteiger partial charge is 0.493 e. The Morgan fingerprint density at radius 2 is 1.96 bits per heavy atom. The smallest absolute Gasteiger partial charge is 0.276 e. The molecule has 0 unspecified atom stereocenters. The molecule has 0 saturated carbocycles. The number of ether oxygens (including phenoxy) is 2. The number of nitrogens with zero attached hydrogens (tertiary/aromatic N) is 1. The fourth-order valence-electron chi connectivity index (χ4n) is 1.94. The van der Waals surface area contributed by atoms with E-state index in [0.717, 1.165) is 24.3 Å². The third kappa shape index (κ3) is 4.93. The van der Waals surface area contributed by atoms with Gasteiger partial charge in [-0.1, -0.05) is 0 Å². The van der Waals surface area contributed by atoms with Gasteiger partial charge in [-0.25, -0.2) is 9.22 Å². The molecule has 25 heavy (non-hydrogen) atoms. The van der Waals surface area contributed by atoms with Crippen LogP contribution in [0.3, 0.4) is 0 Å². The van der Waals surface area contributed by atoms with E-state index in [1.165, 1.54) is 13.3 Å². The molecule has 2 aromatic carbocycles. The molecule has 2 rings (SSSR count). The lowest BCUT2D eigenvalue weighted by atomic mass is 10.2. The van der Waals surface area contributed by atoms with Crippen LogP contribution in [0.1, 0.15) is 12.5 Å². The van der Waals surface area contributed by atoms with Gasteiger partial charge in [-0.3, -0.25) is 0 Å². The molecule has 2 aromatic rings. The van der Waals surface area contributed by atoms with Crippen molar-refractivity contribution in [1.29, 1.82) is 0 Å². The normalized spacial score (nSPS) is 11.5. The van der Waals surface area contributed by atoms with E-state index in [2.05, 4.69) is 25.9 Å².